The molecule has 1 aliphatic heterocycles. The van der Waals surface area contributed by atoms with Crippen LogP contribution in [0, 0.1) is 6.92 Å². The topological polar surface area (TPSA) is 92.8 Å². The Balaban J connectivity index is 1.66. The van der Waals surface area contributed by atoms with Gasteiger partial charge in [0.15, 0.2) is 11.6 Å². The van der Waals surface area contributed by atoms with Gasteiger partial charge in [0.25, 0.3) is 5.91 Å². The average molecular weight is 362 g/mol. The van der Waals surface area contributed by atoms with Crippen LogP contribution in [0.5, 0.6) is 0 Å². The Hall–Kier alpha value is -3.42. The van der Waals surface area contributed by atoms with Gasteiger partial charge in [0.1, 0.15) is 11.2 Å². The number of H-pyrrole nitrogens is 1. The molecule has 0 spiro atoms. The van der Waals surface area contributed by atoms with Crippen LogP contribution in [0.4, 0.5) is 0 Å². The quantitative estimate of drug-likeness (QED) is 0.591. The predicted molar refractivity (Wildman–Crippen MR) is 97.1 cm³/mol. The van der Waals surface area contributed by atoms with E-state index >= 15 is 0 Å². The molecule has 1 N–H and O–H groups in total. The largest absolute Gasteiger partial charge is 0.438 e. The van der Waals surface area contributed by atoms with Gasteiger partial charge < -0.3 is 14.3 Å². The minimum atomic E-state index is -0.478. The van der Waals surface area contributed by atoms with E-state index in [1.807, 2.05) is 25.1 Å². The van der Waals surface area contributed by atoms with Crippen molar-refractivity contribution in [3.63, 3.8) is 0 Å². The molecule has 4 heterocycles. The number of hydrogen-bond acceptors (Lipinski definition) is 5. The lowest BCUT2D eigenvalue weighted by Crippen LogP contribution is -2.41. The summed E-state index contributed by atoms with van der Waals surface area (Å²) in [5, 5.41) is 4.12. The zero-order chi connectivity index (χ0) is 18.5. The number of amides is 1. The molecule has 1 aromatic carbocycles. The highest BCUT2D eigenvalue weighted by molar-refractivity contribution is 5.93. The van der Waals surface area contributed by atoms with Crippen LogP contribution < -0.4 is 0 Å². The maximum absolute atomic E-state index is 13.2. The van der Waals surface area contributed by atoms with Gasteiger partial charge in [-0.3, -0.25) is 9.48 Å². The summed E-state index contributed by atoms with van der Waals surface area (Å²) in [6, 6.07) is 7.08. The van der Waals surface area contributed by atoms with Crippen molar-refractivity contribution >= 4 is 17.0 Å². The van der Waals surface area contributed by atoms with E-state index in [0.717, 1.165) is 28.1 Å². The third-order valence-electron chi connectivity index (χ3n) is 5.09. The first-order valence-corrected chi connectivity index (χ1v) is 8.80. The van der Waals surface area contributed by atoms with E-state index in [4.69, 9.17) is 4.42 Å². The fourth-order valence-corrected chi connectivity index (χ4v) is 3.70. The van der Waals surface area contributed by atoms with E-state index in [2.05, 4.69) is 20.1 Å². The fraction of sp³-hybridized carbons (Fsp3) is 0.263. The van der Waals surface area contributed by atoms with E-state index in [1.165, 1.54) is 0 Å². The molecular formula is C19H18N6O2. The van der Waals surface area contributed by atoms with E-state index in [1.54, 1.807) is 35.2 Å². The lowest BCUT2D eigenvalue weighted by molar-refractivity contribution is 0.0656. The van der Waals surface area contributed by atoms with E-state index in [9.17, 15) is 4.79 Å². The van der Waals surface area contributed by atoms with Gasteiger partial charge in [-0.25, -0.2) is 9.97 Å². The molecule has 0 saturated heterocycles. The number of carbonyl (C=O) groups is 1. The summed E-state index contributed by atoms with van der Waals surface area (Å²) in [6.07, 6.45) is 3.98. The maximum atomic E-state index is 13.2. The summed E-state index contributed by atoms with van der Waals surface area (Å²) >= 11 is 0. The molecule has 1 aliphatic rings. The van der Waals surface area contributed by atoms with Gasteiger partial charge in [0.05, 0.1) is 12.0 Å². The van der Waals surface area contributed by atoms with Gasteiger partial charge in [-0.15, -0.1) is 0 Å². The standard InChI is InChI=1S/C19H18N6O2/c1-11-4-3-5-13-17(11)27-18(23-13)16-15-12(20-10-21-15)7-9-25(16)19(26)14-6-8-22-24(14)2/h3-6,8,10,16H,7,9H2,1-2H3,(H,20,21)/t16-/m0/s1. The van der Waals surface area contributed by atoms with Gasteiger partial charge in [0, 0.05) is 31.9 Å². The minimum Gasteiger partial charge on any atom is -0.438 e. The van der Waals surface area contributed by atoms with E-state index in [-0.39, 0.29) is 5.91 Å². The van der Waals surface area contributed by atoms with Crippen LogP contribution in [-0.2, 0) is 13.5 Å². The Kier molecular flexibility index (Phi) is 3.40. The number of aromatic nitrogens is 5. The van der Waals surface area contributed by atoms with Crippen molar-refractivity contribution in [2.45, 2.75) is 19.4 Å². The molecule has 5 rings (SSSR count). The first-order valence-electron chi connectivity index (χ1n) is 8.80. The first-order chi connectivity index (χ1) is 13.1. The van der Waals surface area contributed by atoms with Crippen LogP contribution in [0.3, 0.4) is 0 Å². The van der Waals surface area contributed by atoms with Crippen LogP contribution in [0.1, 0.15) is 39.4 Å². The van der Waals surface area contributed by atoms with E-state index < -0.39 is 6.04 Å². The molecule has 0 unspecified atom stereocenters. The number of imidazole rings is 1. The van der Waals surface area contributed by atoms with Gasteiger partial charge in [-0.2, -0.15) is 5.10 Å². The number of aryl methyl sites for hydroxylation is 2. The molecule has 27 heavy (non-hydrogen) atoms. The summed E-state index contributed by atoms with van der Waals surface area (Å²) < 4.78 is 7.69. The Bertz CT molecular complexity index is 1150. The van der Waals surface area contributed by atoms with Gasteiger partial charge in [-0.05, 0) is 24.6 Å². The minimum absolute atomic E-state index is 0.118. The number of aromatic amines is 1. The summed E-state index contributed by atoms with van der Waals surface area (Å²) in [7, 11) is 1.76. The third-order valence-corrected chi connectivity index (χ3v) is 5.09. The number of benzene rings is 1. The van der Waals surface area contributed by atoms with Crippen molar-refractivity contribution in [2.75, 3.05) is 6.54 Å². The number of nitrogens with zero attached hydrogens (tertiary/aromatic N) is 5. The molecule has 0 fully saturated rings. The number of carbonyl (C=O) groups excluding carboxylic acids is 1. The monoisotopic (exact) mass is 362 g/mol. The summed E-state index contributed by atoms with van der Waals surface area (Å²) in [5.74, 6) is 0.357. The highest BCUT2D eigenvalue weighted by Crippen LogP contribution is 2.35. The second-order valence-corrected chi connectivity index (χ2v) is 6.73. The number of fused-ring (bicyclic) bond motifs is 2. The van der Waals surface area contributed by atoms with Crippen LogP contribution in [0.2, 0.25) is 0 Å². The van der Waals surface area contributed by atoms with Crippen molar-refractivity contribution in [2.24, 2.45) is 7.05 Å². The van der Waals surface area contributed by atoms with Crippen molar-refractivity contribution < 1.29 is 9.21 Å². The molecular weight excluding hydrogens is 344 g/mol. The lowest BCUT2D eigenvalue weighted by Gasteiger charge is -2.32. The number of hydrogen-bond donors (Lipinski definition) is 1. The second-order valence-electron chi connectivity index (χ2n) is 6.73. The van der Waals surface area contributed by atoms with Crippen molar-refractivity contribution in [3.8, 4) is 0 Å². The highest BCUT2D eigenvalue weighted by atomic mass is 16.4. The fourth-order valence-electron chi connectivity index (χ4n) is 3.70. The molecule has 1 atom stereocenters. The molecule has 4 aromatic rings. The maximum Gasteiger partial charge on any atom is 0.273 e. The highest BCUT2D eigenvalue weighted by Gasteiger charge is 2.38. The molecule has 3 aromatic heterocycles. The zero-order valence-corrected chi connectivity index (χ0v) is 15.0. The normalized spacial score (nSPS) is 16.7. The molecule has 136 valence electrons. The SMILES string of the molecule is Cc1cccc2nc([C@@H]3c4nc[nH]c4CCN3C(=O)c3ccnn3C)oc12. The Morgan fingerprint density at radius 3 is 3.00 bits per heavy atom. The van der Waals surface area contributed by atoms with E-state index in [0.29, 0.717) is 24.6 Å². The number of oxazole rings is 1. The average Bonchev–Trinajstić information content (AvgIpc) is 3.39. The van der Waals surface area contributed by atoms with Crippen LogP contribution >= 0.6 is 0 Å². The molecule has 0 aliphatic carbocycles. The van der Waals surface area contributed by atoms with Crippen LogP contribution in [0.15, 0.2) is 41.2 Å². The molecule has 0 saturated carbocycles. The Labute approximate surface area is 154 Å². The number of para-hydroxylation sites is 1. The van der Waals surface area contributed by atoms with Crippen molar-refractivity contribution in [1.82, 2.24) is 29.6 Å². The smallest absolute Gasteiger partial charge is 0.273 e. The van der Waals surface area contributed by atoms with Gasteiger partial charge in [0.2, 0.25) is 5.89 Å². The Morgan fingerprint density at radius 1 is 1.33 bits per heavy atom. The Morgan fingerprint density at radius 2 is 2.22 bits per heavy atom. The molecule has 0 radical (unpaired) electrons. The summed E-state index contributed by atoms with van der Waals surface area (Å²) in [4.78, 5) is 27.3. The predicted octanol–water partition coefficient (Wildman–Crippen LogP) is 2.38. The molecule has 1 amide bonds. The van der Waals surface area contributed by atoms with Crippen molar-refractivity contribution in [3.05, 3.63) is 65.3 Å². The van der Waals surface area contributed by atoms with Crippen LogP contribution in [-0.4, -0.2) is 42.1 Å². The number of rotatable bonds is 2. The first kappa shape index (κ1) is 15.8. The molecule has 0 bridgehead atoms. The summed E-state index contributed by atoms with van der Waals surface area (Å²) in [6.45, 7) is 2.53. The van der Waals surface area contributed by atoms with Gasteiger partial charge in [-0.1, -0.05) is 12.1 Å². The van der Waals surface area contributed by atoms with Gasteiger partial charge >= 0.3 is 0 Å². The van der Waals surface area contributed by atoms with Crippen LogP contribution in [0.25, 0.3) is 11.1 Å². The third kappa shape index (κ3) is 2.37. The van der Waals surface area contributed by atoms with Crippen molar-refractivity contribution in [1.29, 1.82) is 0 Å². The zero-order valence-electron chi connectivity index (χ0n) is 15.0. The number of nitrogens with one attached hydrogen (secondary N) is 1. The second kappa shape index (κ2) is 5.80. The summed E-state index contributed by atoms with van der Waals surface area (Å²) in [5.41, 5.74) is 4.83. The molecule has 8 heteroatoms. The molecule has 8 nitrogen and oxygen atoms in total. The lowest BCUT2D eigenvalue weighted by atomic mass is 10.0.